The second-order valence-corrected chi connectivity index (χ2v) is 7.23. The maximum Gasteiger partial charge on any atom is 0.198 e. The lowest BCUT2D eigenvalue weighted by Gasteiger charge is -2.30. The van der Waals surface area contributed by atoms with E-state index >= 15 is 0 Å². The first kappa shape index (κ1) is 16.3. The monoisotopic (exact) mass is 362 g/mol. The highest BCUT2D eigenvalue weighted by Crippen LogP contribution is 2.39. The summed E-state index contributed by atoms with van der Waals surface area (Å²) in [6.07, 6.45) is 2.15. The van der Waals surface area contributed by atoms with E-state index in [2.05, 4.69) is 15.3 Å². The fourth-order valence-corrected chi connectivity index (χ4v) is 4.01. The van der Waals surface area contributed by atoms with E-state index in [-0.39, 0.29) is 23.8 Å². The third-order valence-corrected chi connectivity index (χ3v) is 5.51. The Labute approximate surface area is 147 Å². The smallest absolute Gasteiger partial charge is 0.198 e. The zero-order chi connectivity index (χ0) is 17.6. The van der Waals surface area contributed by atoms with E-state index in [1.807, 2.05) is 18.4 Å². The molecule has 132 valence electrons. The van der Waals surface area contributed by atoms with E-state index in [4.69, 9.17) is 10.5 Å². The summed E-state index contributed by atoms with van der Waals surface area (Å²) in [5.41, 5.74) is 7.71. The van der Waals surface area contributed by atoms with Gasteiger partial charge in [0, 0.05) is 30.3 Å². The summed E-state index contributed by atoms with van der Waals surface area (Å²) in [6, 6.07) is 1.64. The average Bonchev–Trinajstić information content (AvgIpc) is 3.19. The van der Waals surface area contributed by atoms with E-state index < -0.39 is 5.82 Å². The number of halogens is 1. The molecular formula is C17H19FN4O2S. The molecule has 0 spiro atoms. The third kappa shape index (κ3) is 2.86. The van der Waals surface area contributed by atoms with Crippen LogP contribution in [0.25, 0.3) is 21.3 Å². The van der Waals surface area contributed by atoms with Gasteiger partial charge in [-0.3, -0.25) is 0 Å². The fourth-order valence-electron chi connectivity index (χ4n) is 3.11. The van der Waals surface area contributed by atoms with Gasteiger partial charge in [0.1, 0.15) is 0 Å². The van der Waals surface area contributed by atoms with Crippen LogP contribution in [-0.2, 0) is 4.74 Å². The summed E-state index contributed by atoms with van der Waals surface area (Å²) < 4.78 is 20.3. The van der Waals surface area contributed by atoms with Gasteiger partial charge in [-0.2, -0.15) is 0 Å². The third-order valence-electron chi connectivity index (χ3n) is 4.45. The first-order valence-electron chi connectivity index (χ1n) is 8.09. The van der Waals surface area contributed by atoms with Crippen molar-refractivity contribution in [1.29, 1.82) is 0 Å². The molecule has 25 heavy (non-hydrogen) atoms. The number of pyridine rings is 1. The molecule has 8 heteroatoms. The van der Waals surface area contributed by atoms with Crippen LogP contribution < -0.4 is 11.1 Å². The van der Waals surface area contributed by atoms with Crippen LogP contribution in [0.15, 0.2) is 17.6 Å². The molecule has 1 fully saturated rings. The summed E-state index contributed by atoms with van der Waals surface area (Å²) in [7, 11) is 0. The van der Waals surface area contributed by atoms with Gasteiger partial charge in [0.2, 0.25) is 0 Å². The summed E-state index contributed by atoms with van der Waals surface area (Å²) >= 11 is 1.51. The second kappa shape index (κ2) is 6.29. The lowest BCUT2D eigenvalue weighted by Crippen LogP contribution is -2.47. The molecule has 4 heterocycles. The number of H-pyrrole nitrogens is 1. The Morgan fingerprint density at radius 1 is 1.52 bits per heavy atom. The Balaban J connectivity index is 1.83. The highest BCUT2D eigenvalue weighted by atomic mass is 32.1. The Bertz CT molecular complexity index is 923. The van der Waals surface area contributed by atoms with Crippen molar-refractivity contribution in [2.24, 2.45) is 5.73 Å². The SMILES string of the molecule is Cc1csc(-c2nc(N[C@@H]3CCOC[C@@H]3N)c(F)c3c[nH]c(O)c23)c1. The number of fused-ring (bicyclic) bond motifs is 1. The van der Waals surface area contributed by atoms with Crippen LogP contribution >= 0.6 is 11.3 Å². The van der Waals surface area contributed by atoms with Crippen molar-refractivity contribution >= 4 is 27.9 Å². The summed E-state index contributed by atoms with van der Waals surface area (Å²) in [4.78, 5) is 8.05. The molecule has 6 nitrogen and oxygen atoms in total. The van der Waals surface area contributed by atoms with Crippen molar-refractivity contribution < 1.29 is 14.2 Å². The molecule has 1 aliphatic heterocycles. The molecule has 0 aromatic carbocycles. The number of nitrogens with one attached hydrogen (secondary N) is 2. The van der Waals surface area contributed by atoms with Gasteiger partial charge in [-0.05, 0) is 30.4 Å². The number of rotatable bonds is 3. The van der Waals surface area contributed by atoms with Crippen molar-refractivity contribution in [3.05, 3.63) is 29.0 Å². The number of aromatic hydroxyl groups is 1. The molecule has 0 aliphatic carbocycles. The predicted molar refractivity (Wildman–Crippen MR) is 96.6 cm³/mol. The molecule has 3 aromatic rings. The first-order valence-corrected chi connectivity index (χ1v) is 8.97. The van der Waals surface area contributed by atoms with E-state index in [9.17, 15) is 9.50 Å². The van der Waals surface area contributed by atoms with Crippen LogP contribution in [0.4, 0.5) is 10.2 Å². The minimum absolute atomic E-state index is 0.0863. The molecule has 0 unspecified atom stereocenters. The molecule has 0 amide bonds. The number of hydrogen-bond donors (Lipinski definition) is 4. The number of anilines is 1. The van der Waals surface area contributed by atoms with Gasteiger partial charge in [0.15, 0.2) is 17.5 Å². The molecule has 2 atom stereocenters. The topological polar surface area (TPSA) is 96.2 Å². The van der Waals surface area contributed by atoms with Gasteiger partial charge < -0.3 is 25.9 Å². The molecule has 0 radical (unpaired) electrons. The molecule has 5 N–H and O–H groups in total. The molecule has 0 saturated carbocycles. The van der Waals surface area contributed by atoms with Gasteiger partial charge in [-0.1, -0.05) is 0 Å². The van der Waals surface area contributed by atoms with Crippen LogP contribution in [-0.4, -0.2) is 40.4 Å². The molecule has 4 rings (SSSR count). The number of aromatic amines is 1. The quantitative estimate of drug-likeness (QED) is 0.574. The fraction of sp³-hybridized carbons (Fsp3) is 0.353. The molecule has 0 bridgehead atoms. The Morgan fingerprint density at radius 2 is 2.36 bits per heavy atom. The second-order valence-electron chi connectivity index (χ2n) is 6.32. The van der Waals surface area contributed by atoms with E-state index in [1.54, 1.807) is 0 Å². The summed E-state index contributed by atoms with van der Waals surface area (Å²) in [6.45, 7) is 3.00. The van der Waals surface area contributed by atoms with Crippen molar-refractivity contribution in [3.8, 4) is 16.5 Å². The standard InChI is InChI=1S/C17H19FN4O2S/c1-8-4-12(25-7-8)15-13-9(5-20-17(13)23)14(18)16(22-15)21-11-2-3-24-6-10(11)19/h4-5,7,10-11,20-21,23H,2-3,6,19H2,1H3/t10-,11+/m0/s1. The molecule has 1 saturated heterocycles. The van der Waals surface area contributed by atoms with Crippen LogP contribution in [0.3, 0.4) is 0 Å². The van der Waals surface area contributed by atoms with Gasteiger partial charge >= 0.3 is 0 Å². The lowest BCUT2D eigenvalue weighted by molar-refractivity contribution is 0.0751. The Kier molecular flexibility index (Phi) is 4.10. The normalized spacial score (nSPS) is 20.9. The highest BCUT2D eigenvalue weighted by Gasteiger charge is 2.26. The summed E-state index contributed by atoms with van der Waals surface area (Å²) in [5, 5.41) is 15.9. The Hall–Kier alpha value is -2.16. The lowest BCUT2D eigenvalue weighted by atomic mass is 10.0. The van der Waals surface area contributed by atoms with Crippen LogP contribution in [0.5, 0.6) is 5.88 Å². The number of nitrogens with two attached hydrogens (primary N) is 1. The van der Waals surface area contributed by atoms with Crippen LogP contribution in [0.2, 0.25) is 0 Å². The van der Waals surface area contributed by atoms with Gasteiger partial charge in [-0.15, -0.1) is 11.3 Å². The number of thiophene rings is 1. The minimum atomic E-state index is -0.498. The van der Waals surface area contributed by atoms with Crippen molar-refractivity contribution in [3.63, 3.8) is 0 Å². The Morgan fingerprint density at radius 3 is 3.08 bits per heavy atom. The molecule has 1 aliphatic rings. The van der Waals surface area contributed by atoms with Crippen LogP contribution in [0.1, 0.15) is 12.0 Å². The maximum absolute atomic E-state index is 14.9. The van der Waals surface area contributed by atoms with Crippen molar-refractivity contribution in [2.75, 3.05) is 18.5 Å². The zero-order valence-electron chi connectivity index (χ0n) is 13.7. The van der Waals surface area contributed by atoms with E-state index in [1.165, 1.54) is 17.5 Å². The predicted octanol–water partition coefficient (Wildman–Crippen LogP) is 2.97. The van der Waals surface area contributed by atoms with Gasteiger partial charge in [0.05, 0.1) is 22.6 Å². The number of nitrogens with zero attached hydrogens (tertiary/aromatic N) is 1. The van der Waals surface area contributed by atoms with Crippen LogP contribution in [0, 0.1) is 12.7 Å². The average molecular weight is 362 g/mol. The zero-order valence-corrected chi connectivity index (χ0v) is 14.5. The van der Waals surface area contributed by atoms with Crippen molar-refractivity contribution in [2.45, 2.75) is 25.4 Å². The highest BCUT2D eigenvalue weighted by molar-refractivity contribution is 7.13. The largest absolute Gasteiger partial charge is 0.494 e. The number of aromatic nitrogens is 2. The summed E-state index contributed by atoms with van der Waals surface area (Å²) in [5.74, 6) is -0.436. The molecular weight excluding hydrogens is 343 g/mol. The van der Waals surface area contributed by atoms with Crippen molar-refractivity contribution in [1.82, 2.24) is 9.97 Å². The van der Waals surface area contributed by atoms with E-state index in [0.717, 1.165) is 10.4 Å². The van der Waals surface area contributed by atoms with E-state index in [0.29, 0.717) is 36.1 Å². The first-order chi connectivity index (χ1) is 12.0. The maximum atomic E-state index is 14.9. The van der Waals surface area contributed by atoms with Gasteiger partial charge in [-0.25, -0.2) is 9.37 Å². The number of hydrogen-bond acceptors (Lipinski definition) is 6. The number of ether oxygens (including phenoxy) is 1. The number of aryl methyl sites for hydroxylation is 1. The molecule has 3 aromatic heterocycles. The minimum Gasteiger partial charge on any atom is -0.494 e. The van der Waals surface area contributed by atoms with Gasteiger partial charge in [0.25, 0.3) is 0 Å².